The van der Waals surface area contributed by atoms with Crippen LogP contribution in [0.2, 0.25) is 0 Å². The Morgan fingerprint density at radius 2 is 2.00 bits per heavy atom. The molecule has 1 saturated heterocycles. The highest BCUT2D eigenvalue weighted by atomic mass is 32.2. The van der Waals surface area contributed by atoms with E-state index >= 15 is 0 Å². The number of hydrogen-bond acceptors (Lipinski definition) is 5. The minimum Gasteiger partial charge on any atom is -0.351 e. The summed E-state index contributed by atoms with van der Waals surface area (Å²) in [5.41, 5.74) is -0.0539. The molecule has 2 heterocycles. The zero-order chi connectivity index (χ0) is 17.3. The molecule has 0 atom stereocenters. The van der Waals surface area contributed by atoms with Gasteiger partial charge in [-0.3, -0.25) is 4.79 Å². The SMILES string of the molecule is CC(C)(C)c1ncc(C(=O)NCC2CCN(S(C)(=O)=O)CC2)s1. The molecule has 0 bridgehead atoms. The van der Waals surface area contributed by atoms with Gasteiger partial charge in [-0.2, -0.15) is 0 Å². The van der Waals surface area contributed by atoms with E-state index in [1.54, 1.807) is 6.20 Å². The van der Waals surface area contributed by atoms with Crippen LogP contribution in [0.25, 0.3) is 0 Å². The molecule has 1 aromatic heterocycles. The molecular formula is C15H25N3O3S2. The van der Waals surface area contributed by atoms with Crippen LogP contribution in [-0.2, 0) is 15.4 Å². The van der Waals surface area contributed by atoms with Gasteiger partial charge in [0.15, 0.2) is 0 Å². The average Bonchev–Trinajstić information content (AvgIpc) is 2.94. The zero-order valence-corrected chi connectivity index (χ0v) is 15.8. The molecule has 0 spiro atoms. The topological polar surface area (TPSA) is 79.4 Å². The number of aromatic nitrogens is 1. The summed E-state index contributed by atoms with van der Waals surface area (Å²) in [5, 5.41) is 3.90. The van der Waals surface area contributed by atoms with Crippen LogP contribution < -0.4 is 5.32 Å². The highest BCUT2D eigenvalue weighted by Gasteiger charge is 2.25. The van der Waals surface area contributed by atoms with E-state index in [-0.39, 0.29) is 11.3 Å². The summed E-state index contributed by atoms with van der Waals surface area (Å²) < 4.78 is 24.5. The highest BCUT2D eigenvalue weighted by Crippen LogP contribution is 2.26. The van der Waals surface area contributed by atoms with Crippen molar-refractivity contribution in [3.63, 3.8) is 0 Å². The Morgan fingerprint density at radius 3 is 2.48 bits per heavy atom. The van der Waals surface area contributed by atoms with E-state index in [0.29, 0.717) is 30.4 Å². The molecule has 1 N–H and O–H groups in total. The number of sulfonamides is 1. The Morgan fingerprint density at radius 1 is 1.39 bits per heavy atom. The molecule has 8 heteroatoms. The van der Waals surface area contributed by atoms with E-state index in [1.165, 1.54) is 21.9 Å². The number of piperidine rings is 1. The van der Waals surface area contributed by atoms with E-state index in [9.17, 15) is 13.2 Å². The summed E-state index contributed by atoms with van der Waals surface area (Å²) in [6.45, 7) is 7.87. The lowest BCUT2D eigenvalue weighted by atomic mass is 9.98. The van der Waals surface area contributed by atoms with Gasteiger partial charge in [-0.1, -0.05) is 20.8 Å². The molecule has 1 fully saturated rings. The highest BCUT2D eigenvalue weighted by molar-refractivity contribution is 7.88. The van der Waals surface area contributed by atoms with Gasteiger partial charge in [0.05, 0.1) is 17.5 Å². The van der Waals surface area contributed by atoms with E-state index in [0.717, 1.165) is 17.8 Å². The van der Waals surface area contributed by atoms with Gasteiger partial charge in [-0.25, -0.2) is 17.7 Å². The zero-order valence-electron chi connectivity index (χ0n) is 14.1. The van der Waals surface area contributed by atoms with Gasteiger partial charge in [0, 0.05) is 25.0 Å². The number of hydrogen-bond donors (Lipinski definition) is 1. The third-order valence-electron chi connectivity index (χ3n) is 3.96. The Bertz CT molecular complexity index is 654. The maximum Gasteiger partial charge on any atom is 0.263 e. The summed E-state index contributed by atoms with van der Waals surface area (Å²) in [6, 6.07) is 0. The molecule has 0 aliphatic carbocycles. The number of nitrogens with one attached hydrogen (secondary N) is 1. The first-order valence-electron chi connectivity index (χ1n) is 7.77. The Kier molecular flexibility index (Phi) is 5.48. The number of thiazole rings is 1. The van der Waals surface area contributed by atoms with Crippen molar-refractivity contribution in [2.24, 2.45) is 5.92 Å². The van der Waals surface area contributed by atoms with Crippen molar-refractivity contribution in [3.05, 3.63) is 16.1 Å². The standard InChI is InChI=1S/C15H25N3O3S2/c1-15(2,3)14-17-10-12(22-14)13(19)16-9-11-5-7-18(8-6-11)23(4,20)21/h10-11H,5-9H2,1-4H3,(H,16,19). The number of nitrogens with zero attached hydrogens (tertiary/aromatic N) is 2. The molecule has 6 nitrogen and oxygen atoms in total. The number of carbonyl (C=O) groups excluding carboxylic acids is 1. The third-order valence-corrected chi connectivity index (χ3v) is 6.69. The summed E-state index contributed by atoms with van der Waals surface area (Å²) >= 11 is 1.43. The van der Waals surface area contributed by atoms with E-state index in [2.05, 4.69) is 31.1 Å². The minimum atomic E-state index is -3.10. The van der Waals surface area contributed by atoms with Crippen LogP contribution in [0.15, 0.2) is 6.20 Å². The van der Waals surface area contributed by atoms with Crippen LogP contribution in [0, 0.1) is 5.92 Å². The molecule has 130 valence electrons. The largest absolute Gasteiger partial charge is 0.351 e. The van der Waals surface area contributed by atoms with Gasteiger partial charge in [-0.15, -0.1) is 11.3 Å². The van der Waals surface area contributed by atoms with Crippen molar-refractivity contribution in [1.82, 2.24) is 14.6 Å². The molecule has 0 aromatic carbocycles. The molecule has 1 amide bonds. The second kappa shape index (κ2) is 6.86. The van der Waals surface area contributed by atoms with Crippen molar-refractivity contribution < 1.29 is 13.2 Å². The molecule has 0 unspecified atom stereocenters. The normalized spacial score (nSPS) is 18.1. The average molecular weight is 360 g/mol. The molecular weight excluding hydrogens is 334 g/mol. The first-order valence-corrected chi connectivity index (χ1v) is 10.4. The molecule has 0 radical (unpaired) electrons. The van der Waals surface area contributed by atoms with Crippen LogP contribution in [0.3, 0.4) is 0 Å². The van der Waals surface area contributed by atoms with E-state index < -0.39 is 10.0 Å². The summed E-state index contributed by atoms with van der Waals surface area (Å²) in [6.07, 6.45) is 4.44. The van der Waals surface area contributed by atoms with Crippen LogP contribution in [0.4, 0.5) is 0 Å². The summed E-state index contributed by atoms with van der Waals surface area (Å²) in [4.78, 5) is 17.2. The lowest BCUT2D eigenvalue weighted by Crippen LogP contribution is -2.41. The van der Waals surface area contributed by atoms with Crippen molar-refractivity contribution in [2.75, 3.05) is 25.9 Å². The van der Waals surface area contributed by atoms with Gasteiger partial charge in [0.1, 0.15) is 4.88 Å². The first kappa shape index (κ1) is 18.4. The Hall–Kier alpha value is -0.990. The van der Waals surface area contributed by atoms with Gasteiger partial charge >= 0.3 is 0 Å². The van der Waals surface area contributed by atoms with Gasteiger partial charge in [0.2, 0.25) is 10.0 Å². The van der Waals surface area contributed by atoms with Crippen molar-refractivity contribution in [3.8, 4) is 0 Å². The van der Waals surface area contributed by atoms with Crippen LogP contribution >= 0.6 is 11.3 Å². The lowest BCUT2D eigenvalue weighted by Gasteiger charge is -2.30. The molecule has 2 rings (SSSR count). The van der Waals surface area contributed by atoms with Crippen molar-refractivity contribution >= 4 is 27.3 Å². The number of amides is 1. The fourth-order valence-corrected chi connectivity index (χ4v) is 4.26. The molecule has 1 aliphatic heterocycles. The number of rotatable bonds is 4. The number of carbonyl (C=O) groups is 1. The van der Waals surface area contributed by atoms with Gasteiger partial charge < -0.3 is 5.32 Å². The Balaban J connectivity index is 1.83. The molecule has 1 aliphatic rings. The van der Waals surface area contributed by atoms with Gasteiger partial charge in [-0.05, 0) is 18.8 Å². The fourth-order valence-electron chi connectivity index (χ4n) is 2.50. The molecule has 1 aromatic rings. The minimum absolute atomic E-state index is 0.0539. The van der Waals surface area contributed by atoms with Crippen LogP contribution in [0.1, 0.15) is 48.3 Å². The van der Waals surface area contributed by atoms with E-state index in [1.807, 2.05) is 0 Å². The van der Waals surface area contributed by atoms with E-state index in [4.69, 9.17) is 0 Å². The van der Waals surface area contributed by atoms with Crippen LogP contribution in [0.5, 0.6) is 0 Å². The molecule has 0 saturated carbocycles. The predicted octanol–water partition coefficient (Wildman–Crippen LogP) is 1.84. The van der Waals surface area contributed by atoms with Crippen LogP contribution in [-0.4, -0.2) is 49.5 Å². The summed E-state index contributed by atoms with van der Waals surface area (Å²) in [5.74, 6) is 0.232. The van der Waals surface area contributed by atoms with Gasteiger partial charge in [0.25, 0.3) is 5.91 Å². The maximum atomic E-state index is 12.2. The predicted molar refractivity (Wildman–Crippen MR) is 92.3 cm³/mol. The quantitative estimate of drug-likeness (QED) is 0.890. The monoisotopic (exact) mass is 359 g/mol. The van der Waals surface area contributed by atoms with Crippen molar-refractivity contribution in [1.29, 1.82) is 0 Å². The second-order valence-corrected chi connectivity index (χ2v) is 10.1. The maximum absolute atomic E-state index is 12.2. The third kappa shape index (κ3) is 4.99. The Labute approximate surface area is 142 Å². The lowest BCUT2D eigenvalue weighted by molar-refractivity contribution is 0.0945. The summed E-state index contributed by atoms with van der Waals surface area (Å²) in [7, 11) is -3.10. The van der Waals surface area contributed by atoms with Crippen molar-refractivity contribution in [2.45, 2.75) is 39.0 Å². The molecule has 23 heavy (non-hydrogen) atoms. The second-order valence-electron chi connectivity index (χ2n) is 7.10. The first-order chi connectivity index (χ1) is 10.6. The fraction of sp³-hybridized carbons (Fsp3) is 0.733. The smallest absolute Gasteiger partial charge is 0.263 e.